The van der Waals surface area contributed by atoms with E-state index in [1.165, 1.54) is 79.4 Å². The lowest BCUT2D eigenvalue weighted by atomic mass is 9.47. The summed E-state index contributed by atoms with van der Waals surface area (Å²) in [6.07, 6.45) is 24.0. The van der Waals surface area contributed by atoms with E-state index < -0.39 is 5.60 Å². The van der Waals surface area contributed by atoms with Crippen LogP contribution in [0.1, 0.15) is 164 Å². The molecule has 7 unspecified atom stereocenters. The molecule has 0 radical (unpaired) electrons. The summed E-state index contributed by atoms with van der Waals surface area (Å²) in [6, 6.07) is 0. The third-order valence-corrected chi connectivity index (χ3v) is 15.3. The first-order valence-electron chi connectivity index (χ1n) is 21.1. The van der Waals surface area contributed by atoms with Crippen molar-refractivity contribution in [2.75, 3.05) is 24.6 Å². The Bertz CT molecular complexity index is 1190. The molecule has 0 heterocycles. The SMILES string of the molecule is CC(C)CCCCC1CCC2C3CC=C4CC(OC(=O)CSSCC(=O)NCCCCCCCCNC(=O)OC(C)(C)C)CCC4(C)C3CCC12C. The van der Waals surface area contributed by atoms with Crippen molar-refractivity contribution in [3.8, 4) is 0 Å². The molecule has 0 spiro atoms. The van der Waals surface area contributed by atoms with Crippen molar-refractivity contribution < 1.29 is 23.9 Å². The van der Waals surface area contributed by atoms with Crippen molar-refractivity contribution in [2.45, 2.75) is 176 Å². The van der Waals surface area contributed by atoms with Gasteiger partial charge in [-0.3, -0.25) is 9.59 Å². The molecule has 0 bridgehead atoms. The molecule has 7 nitrogen and oxygen atoms in total. The number of hydrogen-bond acceptors (Lipinski definition) is 7. The van der Waals surface area contributed by atoms with Crippen molar-refractivity contribution in [1.82, 2.24) is 10.6 Å². The van der Waals surface area contributed by atoms with Gasteiger partial charge in [0.2, 0.25) is 5.91 Å². The summed E-state index contributed by atoms with van der Waals surface area (Å²) < 4.78 is 11.3. The van der Waals surface area contributed by atoms with Gasteiger partial charge in [0, 0.05) is 19.5 Å². The van der Waals surface area contributed by atoms with Gasteiger partial charge in [0.1, 0.15) is 17.5 Å². The molecule has 0 saturated heterocycles. The summed E-state index contributed by atoms with van der Waals surface area (Å²) in [5, 5.41) is 5.80. The van der Waals surface area contributed by atoms with Crippen LogP contribution in [0.2, 0.25) is 0 Å². The highest BCUT2D eigenvalue weighted by atomic mass is 33.1. The quantitative estimate of drug-likeness (QED) is 0.0552. The highest BCUT2D eigenvalue weighted by Gasteiger charge is 2.58. The maximum atomic E-state index is 12.8. The average molecular weight is 763 g/mol. The van der Waals surface area contributed by atoms with Gasteiger partial charge < -0.3 is 20.1 Å². The van der Waals surface area contributed by atoms with Crippen LogP contribution in [0, 0.1) is 40.4 Å². The van der Waals surface area contributed by atoms with Crippen LogP contribution >= 0.6 is 21.6 Å². The van der Waals surface area contributed by atoms with Crippen molar-refractivity contribution in [3.05, 3.63) is 11.6 Å². The normalized spacial score (nSPS) is 29.8. The van der Waals surface area contributed by atoms with Crippen molar-refractivity contribution >= 4 is 39.6 Å². The van der Waals surface area contributed by atoms with Crippen LogP contribution in [-0.4, -0.2) is 54.3 Å². The predicted octanol–water partition coefficient (Wildman–Crippen LogP) is 11.1. The van der Waals surface area contributed by atoms with E-state index in [1.807, 2.05) is 20.8 Å². The standard InChI is InChI=1S/C43H74N2O5S2/c1-31(2)16-12-13-17-32-19-21-36-35-20-18-33-28-34(22-24-43(33,7)37(35)23-25-42(32,36)6)49-39(47)30-52-51-29-38(46)44-26-14-10-8-9-11-15-27-45-40(48)50-41(3,4)5/h18,31-32,34-37H,8-17,19-30H2,1-7H3,(H,44,46)(H,45,48). The molecule has 298 valence electrons. The molecule has 3 fully saturated rings. The number of esters is 1. The summed E-state index contributed by atoms with van der Waals surface area (Å²) in [5.74, 6) is 4.73. The predicted molar refractivity (Wildman–Crippen MR) is 218 cm³/mol. The highest BCUT2D eigenvalue weighted by Crippen LogP contribution is 2.66. The smallest absolute Gasteiger partial charge is 0.407 e. The zero-order valence-electron chi connectivity index (χ0n) is 34.0. The number of allylic oxidation sites excluding steroid dienone is 1. The number of rotatable bonds is 20. The molecule has 0 aromatic rings. The number of nitrogens with one attached hydrogen (secondary N) is 2. The minimum atomic E-state index is -0.467. The second kappa shape index (κ2) is 20.5. The molecule has 4 aliphatic rings. The van der Waals surface area contributed by atoms with Crippen LogP contribution in [-0.2, 0) is 19.1 Å². The van der Waals surface area contributed by atoms with E-state index in [-0.39, 0.29) is 35.2 Å². The molecule has 52 heavy (non-hydrogen) atoms. The van der Waals surface area contributed by atoms with Crippen molar-refractivity contribution in [2.24, 2.45) is 40.4 Å². The summed E-state index contributed by atoms with van der Waals surface area (Å²) in [6.45, 7) is 16.8. The fourth-order valence-electron chi connectivity index (χ4n) is 10.4. The third kappa shape index (κ3) is 12.9. The first kappa shape index (κ1) is 43.4. The van der Waals surface area contributed by atoms with Gasteiger partial charge in [-0.1, -0.05) is 106 Å². The Morgan fingerprint density at radius 3 is 2.25 bits per heavy atom. The van der Waals surface area contributed by atoms with Gasteiger partial charge in [-0.2, -0.15) is 0 Å². The number of alkyl carbamates (subject to hydrolysis) is 1. The lowest BCUT2D eigenvalue weighted by Crippen LogP contribution is -2.50. The molecule has 3 saturated carbocycles. The van der Waals surface area contributed by atoms with E-state index in [1.54, 1.807) is 5.57 Å². The lowest BCUT2D eigenvalue weighted by Gasteiger charge is -2.58. The molecule has 2 N–H and O–H groups in total. The maximum Gasteiger partial charge on any atom is 0.407 e. The Hall–Kier alpha value is -1.35. The van der Waals surface area contributed by atoms with E-state index in [0.29, 0.717) is 24.3 Å². The van der Waals surface area contributed by atoms with Gasteiger partial charge in [-0.15, -0.1) is 0 Å². The zero-order valence-corrected chi connectivity index (χ0v) is 35.6. The number of carbonyl (C=O) groups is 3. The van der Waals surface area contributed by atoms with Crippen molar-refractivity contribution in [3.63, 3.8) is 0 Å². The fraction of sp³-hybridized carbons (Fsp3) is 0.884. The number of ether oxygens (including phenoxy) is 2. The second-order valence-corrected chi connectivity index (χ2v) is 21.0. The molecule has 2 amide bonds. The molecule has 9 heteroatoms. The van der Waals surface area contributed by atoms with Crippen LogP contribution in [0.25, 0.3) is 0 Å². The maximum absolute atomic E-state index is 12.8. The largest absolute Gasteiger partial charge is 0.461 e. The lowest BCUT2D eigenvalue weighted by molar-refractivity contribution is -0.148. The first-order valence-corrected chi connectivity index (χ1v) is 23.6. The number of amides is 2. The Labute approximate surface area is 325 Å². The molecule has 0 aliphatic heterocycles. The molecule has 0 aromatic heterocycles. The summed E-state index contributed by atoms with van der Waals surface area (Å²) in [7, 11) is 2.86. The van der Waals surface area contributed by atoms with Crippen LogP contribution in [0.4, 0.5) is 4.79 Å². The molecule has 0 aromatic carbocycles. The Morgan fingerprint density at radius 2 is 1.54 bits per heavy atom. The monoisotopic (exact) mass is 763 g/mol. The number of hydrogen-bond donors (Lipinski definition) is 2. The summed E-state index contributed by atoms with van der Waals surface area (Å²) >= 11 is 0. The van der Waals surface area contributed by atoms with E-state index in [9.17, 15) is 14.4 Å². The minimum absolute atomic E-state index is 0.0123. The molecular formula is C43H74N2O5S2. The van der Waals surface area contributed by atoms with Crippen molar-refractivity contribution in [1.29, 1.82) is 0 Å². The summed E-state index contributed by atoms with van der Waals surface area (Å²) in [5.41, 5.74) is 1.90. The minimum Gasteiger partial charge on any atom is -0.461 e. The molecule has 4 aliphatic carbocycles. The van der Waals surface area contributed by atoms with Gasteiger partial charge in [0.25, 0.3) is 0 Å². The third-order valence-electron chi connectivity index (χ3n) is 13.2. The Morgan fingerprint density at radius 1 is 0.846 bits per heavy atom. The van der Waals surface area contributed by atoms with E-state index >= 15 is 0 Å². The van der Waals surface area contributed by atoms with Gasteiger partial charge in [0.15, 0.2) is 0 Å². The van der Waals surface area contributed by atoms with Crippen LogP contribution < -0.4 is 10.6 Å². The van der Waals surface area contributed by atoms with Gasteiger partial charge in [-0.25, -0.2) is 4.79 Å². The average Bonchev–Trinajstić information content (AvgIpc) is 3.41. The Balaban J connectivity index is 1.04. The molecule has 7 atom stereocenters. The highest BCUT2D eigenvalue weighted by molar-refractivity contribution is 8.77. The van der Waals surface area contributed by atoms with E-state index in [4.69, 9.17) is 9.47 Å². The number of unbranched alkanes of at least 4 members (excludes halogenated alkanes) is 6. The zero-order chi connectivity index (χ0) is 37.8. The van der Waals surface area contributed by atoms with Gasteiger partial charge >= 0.3 is 12.1 Å². The fourth-order valence-corrected chi connectivity index (χ4v) is 12.0. The van der Waals surface area contributed by atoms with Gasteiger partial charge in [-0.05, 0) is 125 Å². The van der Waals surface area contributed by atoms with E-state index in [2.05, 4.69) is 44.4 Å². The van der Waals surface area contributed by atoms with Crippen LogP contribution in [0.15, 0.2) is 11.6 Å². The Kier molecular flexibility index (Phi) is 17.1. The van der Waals surface area contributed by atoms with Crippen LogP contribution in [0.5, 0.6) is 0 Å². The number of fused-ring (bicyclic) bond motifs is 5. The summed E-state index contributed by atoms with van der Waals surface area (Å²) in [4.78, 5) is 36.7. The second-order valence-electron chi connectivity index (χ2n) is 18.5. The topological polar surface area (TPSA) is 93.7 Å². The van der Waals surface area contributed by atoms with Gasteiger partial charge in [0.05, 0.1) is 5.75 Å². The number of carbonyl (C=O) groups excluding carboxylic acids is 3. The first-order chi connectivity index (χ1) is 24.7. The van der Waals surface area contributed by atoms with E-state index in [0.717, 1.165) is 87.4 Å². The molecular weight excluding hydrogens is 689 g/mol. The molecule has 4 rings (SSSR count). The van der Waals surface area contributed by atoms with Crippen LogP contribution in [0.3, 0.4) is 0 Å².